The second kappa shape index (κ2) is 5.14. The van der Waals surface area contributed by atoms with Crippen molar-refractivity contribution in [3.05, 3.63) is 46.5 Å². The lowest BCUT2D eigenvalue weighted by Gasteiger charge is -2.05. The number of halogens is 1. The van der Waals surface area contributed by atoms with Gasteiger partial charge in [0.25, 0.3) is 0 Å². The molecule has 0 spiro atoms. The first-order valence-electron chi connectivity index (χ1n) is 5.22. The quantitative estimate of drug-likeness (QED) is 0.912. The fourth-order valence-corrected chi connectivity index (χ4v) is 1.87. The molecule has 17 heavy (non-hydrogen) atoms. The molecule has 4 nitrogen and oxygen atoms in total. The minimum atomic E-state index is 0.854. The fourth-order valence-electron chi connectivity index (χ4n) is 1.42. The molecule has 0 aliphatic carbocycles. The third-order valence-corrected chi connectivity index (χ3v) is 2.83. The van der Waals surface area contributed by atoms with Crippen molar-refractivity contribution in [1.29, 1.82) is 0 Å². The summed E-state index contributed by atoms with van der Waals surface area (Å²) in [5, 5.41) is 10.0. The highest BCUT2D eigenvalue weighted by atomic mass is 79.9. The van der Waals surface area contributed by atoms with E-state index in [4.69, 9.17) is 0 Å². The minimum absolute atomic E-state index is 0.854. The number of nitrogens with one attached hydrogen (secondary N) is 2. The molecular formula is C12H13BrN4. The van der Waals surface area contributed by atoms with Crippen LogP contribution in [0.15, 0.2) is 35.2 Å². The van der Waals surface area contributed by atoms with Crippen LogP contribution in [0.25, 0.3) is 5.57 Å². The molecule has 0 aliphatic heterocycles. The zero-order chi connectivity index (χ0) is 12.3. The van der Waals surface area contributed by atoms with E-state index in [-0.39, 0.29) is 0 Å². The molecule has 2 aromatic heterocycles. The molecule has 0 bridgehead atoms. The summed E-state index contributed by atoms with van der Waals surface area (Å²) in [5.74, 6) is 0.854. The Morgan fingerprint density at radius 3 is 3.00 bits per heavy atom. The predicted molar refractivity (Wildman–Crippen MR) is 72.5 cm³/mol. The molecule has 0 aliphatic rings. The number of aryl methyl sites for hydroxylation is 1. The molecular weight excluding hydrogens is 280 g/mol. The highest BCUT2D eigenvalue weighted by molar-refractivity contribution is 9.10. The van der Waals surface area contributed by atoms with Crippen LogP contribution in [-0.2, 0) is 0 Å². The molecule has 0 atom stereocenters. The van der Waals surface area contributed by atoms with Crippen molar-refractivity contribution in [3.8, 4) is 0 Å². The van der Waals surface area contributed by atoms with Crippen LogP contribution in [0.2, 0.25) is 0 Å². The number of allylic oxidation sites excluding steroid dienone is 1. The van der Waals surface area contributed by atoms with Crippen molar-refractivity contribution in [1.82, 2.24) is 15.2 Å². The smallest absolute Gasteiger partial charge is 0.132 e. The van der Waals surface area contributed by atoms with Crippen LogP contribution in [0, 0.1) is 6.92 Å². The summed E-state index contributed by atoms with van der Waals surface area (Å²) in [6.07, 6.45) is 5.42. The molecule has 0 unspecified atom stereocenters. The van der Waals surface area contributed by atoms with E-state index in [1.807, 2.05) is 32.2 Å². The molecule has 2 rings (SSSR count). The highest BCUT2D eigenvalue weighted by Crippen LogP contribution is 2.17. The van der Waals surface area contributed by atoms with E-state index in [2.05, 4.69) is 36.4 Å². The first-order valence-corrected chi connectivity index (χ1v) is 6.01. The zero-order valence-corrected chi connectivity index (χ0v) is 11.2. The van der Waals surface area contributed by atoms with Gasteiger partial charge in [0.2, 0.25) is 0 Å². The van der Waals surface area contributed by atoms with Crippen molar-refractivity contribution in [2.45, 2.75) is 13.8 Å². The molecule has 2 aromatic rings. The molecule has 5 heteroatoms. The Morgan fingerprint density at radius 1 is 1.53 bits per heavy atom. The number of anilines is 1. The molecule has 0 radical (unpaired) electrons. The molecule has 2 N–H and O–H groups in total. The van der Waals surface area contributed by atoms with Gasteiger partial charge in [0.05, 0.1) is 5.69 Å². The van der Waals surface area contributed by atoms with E-state index in [0.29, 0.717) is 0 Å². The predicted octanol–water partition coefficient (Wildman–Crippen LogP) is 3.35. The second-order valence-corrected chi connectivity index (χ2v) is 4.68. The second-order valence-electron chi connectivity index (χ2n) is 3.76. The maximum Gasteiger partial charge on any atom is 0.132 e. The molecule has 0 amide bonds. The number of aromatic nitrogens is 3. The van der Waals surface area contributed by atoms with Crippen LogP contribution in [0.4, 0.5) is 5.82 Å². The van der Waals surface area contributed by atoms with Gasteiger partial charge in [-0.2, -0.15) is 5.10 Å². The minimum Gasteiger partial charge on any atom is -0.346 e. The van der Waals surface area contributed by atoms with Gasteiger partial charge in [0.15, 0.2) is 0 Å². The SMILES string of the molecule is C/C(=C\Nc1ncc(Br)cc1C)c1ccn[nH]1. The Hall–Kier alpha value is -1.62. The molecule has 0 fully saturated rings. The van der Waals surface area contributed by atoms with Gasteiger partial charge < -0.3 is 5.32 Å². The Labute approximate surface area is 108 Å². The summed E-state index contributed by atoms with van der Waals surface area (Å²) in [4.78, 5) is 4.30. The van der Waals surface area contributed by atoms with Crippen molar-refractivity contribution < 1.29 is 0 Å². The van der Waals surface area contributed by atoms with Gasteiger partial charge in [-0.25, -0.2) is 4.98 Å². The standard InChI is InChI=1S/C12H13BrN4/c1-8-5-10(13)7-15-12(8)14-6-9(2)11-3-4-16-17-11/h3-7H,1-2H3,(H,14,15)(H,16,17)/b9-6+. The Kier molecular flexibility index (Phi) is 3.58. The van der Waals surface area contributed by atoms with Gasteiger partial charge in [0, 0.05) is 23.1 Å². The summed E-state index contributed by atoms with van der Waals surface area (Å²) in [6, 6.07) is 3.95. The lowest BCUT2D eigenvalue weighted by molar-refractivity contribution is 1.07. The summed E-state index contributed by atoms with van der Waals surface area (Å²) < 4.78 is 0.981. The molecule has 2 heterocycles. The van der Waals surface area contributed by atoms with Crippen LogP contribution in [0.1, 0.15) is 18.2 Å². The van der Waals surface area contributed by atoms with Gasteiger partial charge in [-0.05, 0) is 53.0 Å². The van der Waals surface area contributed by atoms with E-state index in [0.717, 1.165) is 27.1 Å². The van der Waals surface area contributed by atoms with Gasteiger partial charge in [0.1, 0.15) is 5.82 Å². The van der Waals surface area contributed by atoms with Crippen LogP contribution in [0.5, 0.6) is 0 Å². The lowest BCUT2D eigenvalue weighted by atomic mass is 10.2. The normalized spacial score (nSPS) is 11.6. The number of aromatic amines is 1. The summed E-state index contributed by atoms with van der Waals surface area (Å²) >= 11 is 3.39. The molecule has 0 saturated carbocycles. The molecule has 0 saturated heterocycles. The van der Waals surface area contributed by atoms with Crippen molar-refractivity contribution in [3.63, 3.8) is 0 Å². The first-order chi connectivity index (χ1) is 8.16. The highest BCUT2D eigenvalue weighted by Gasteiger charge is 2.00. The van der Waals surface area contributed by atoms with Gasteiger partial charge in [-0.3, -0.25) is 5.10 Å². The largest absolute Gasteiger partial charge is 0.346 e. The van der Waals surface area contributed by atoms with Crippen LogP contribution < -0.4 is 5.32 Å². The van der Waals surface area contributed by atoms with Crippen LogP contribution in [-0.4, -0.2) is 15.2 Å². The first kappa shape index (κ1) is 11.9. The number of rotatable bonds is 3. The number of hydrogen-bond acceptors (Lipinski definition) is 3. The molecule has 0 aromatic carbocycles. The van der Waals surface area contributed by atoms with Gasteiger partial charge >= 0.3 is 0 Å². The summed E-state index contributed by atoms with van der Waals surface area (Å²) in [6.45, 7) is 4.02. The van der Waals surface area contributed by atoms with Crippen molar-refractivity contribution >= 4 is 27.3 Å². The lowest BCUT2D eigenvalue weighted by Crippen LogP contribution is -1.96. The Bertz CT molecular complexity index is 531. The third-order valence-electron chi connectivity index (χ3n) is 2.40. The van der Waals surface area contributed by atoms with Gasteiger partial charge in [-0.15, -0.1) is 0 Å². The van der Waals surface area contributed by atoms with E-state index >= 15 is 0 Å². The number of pyridine rings is 1. The van der Waals surface area contributed by atoms with Crippen LogP contribution >= 0.6 is 15.9 Å². The maximum absolute atomic E-state index is 4.30. The zero-order valence-electron chi connectivity index (χ0n) is 9.66. The van der Waals surface area contributed by atoms with E-state index in [1.165, 1.54) is 0 Å². The fraction of sp³-hybridized carbons (Fsp3) is 0.167. The third kappa shape index (κ3) is 2.94. The topological polar surface area (TPSA) is 53.6 Å². The summed E-state index contributed by atoms with van der Waals surface area (Å²) in [5.41, 5.74) is 3.16. The number of nitrogens with zero attached hydrogens (tertiary/aromatic N) is 2. The number of hydrogen-bond donors (Lipinski definition) is 2. The van der Waals surface area contributed by atoms with Gasteiger partial charge in [-0.1, -0.05) is 0 Å². The monoisotopic (exact) mass is 292 g/mol. The van der Waals surface area contributed by atoms with E-state index in [1.54, 1.807) is 12.4 Å². The summed E-state index contributed by atoms with van der Waals surface area (Å²) in [7, 11) is 0. The van der Waals surface area contributed by atoms with Crippen molar-refractivity contribution in [2.75, 3.05) is 5.32 Å². The average molecular weight is 293 g/mol. The average Bonchev–Trinajstić information content (AvgIpc) is 2.81. The Balaban J connectivity index is 2.14. The van der Waals surface area contributed by atoms with E-state index in [9.17, 15) is 0 Å². The Morgan fingerprint density at radius 2 is 2.35 bits per heavy atom. The van der Waals surface area contributed by atoms with Crippen molar-refractivity contribution in [2.24, 2.45) is 0 Å². The maximum atomic E-state index is 4.30. The molecule has 88 valence electrons. The number of H-pyrrole nitrogens is 1. The van der Waals surface area contributed by atoms with Crippen LogP contribution in [0.3, 0.4) is 0 Å². The van der Waals surface area contributed by atoms with E-state index < -0.39 is 0 Å².